The highest BCUT2D eigenvalue weighted by Crippen LogP contribution is 2.56. The summed E-state index contributed by atoms with van der Waals surface area (Å²) in [6, 6.07) is 5.60. The second kappa shape index (κ2) is 3.16. The summed E-state index contributed by atoms with van der Waals surface area (Å²) in [7, 11) is 0. The van der Waals surface area contributed by atoms with Gasteiger partial charge in [0.25, 0.3) is 0 Å². The smallest absolute Gasteiger partial charge is 0.187 e. The lowest BCUT2D eigenvalue weighted by Gasteiger charge is -2.51. The van der Waals surface area contributed by atoms with Crippen molar-refractivity contribution in [2.24, 2.45) is 11.3 Å². The number of carbonyl (C=O) groups excluding carboxylic acids is 1. The number of hydrogen-bond acceptors (Lipinski definition) is 2. The highest BCUT2D eigenvalue weighted by Gasteiger charge is 2.52. The van der Waals surface area contributed by atoms with E-state index < -0.39 is 0 Å². The van der Waals surface area contributed by atoms with Gasteiger partial charge in [0, 0.05) is 11.6 Å². The van der Waals surface area contributed by atoms with Gasteiger partial charge in [-0.2, -0.15) is 0 Å². The third-order valence-corrected chi connectivity index (χ3v) is 4.01. The molecule has 78 valence electrons. The Morgan fingerprint density at radius 1 is 1.40 bits per heavy atom. The number of ketones is 1. The first-order chi connectivity index (χ1) is 7.30. The van der Waals surface area contributed by atoms with E-state index in [1.165, 1.54) is 12.8 Å². The van der Waals surface area contributed by atoms with Crippen molar-refractivity contribution in [2.75, 3.05) is 0 Å². The van der Waals surface area contributed by atoms with E-state index in [2.05, 4.69) is 4.98 Å². The molecule has 0 spiro atoms. The van der Waals surface area contributed by atoms with E-state index in [0.29, 0.717) is 11.5 Å². The van der Waals surface area contributed by atoms with Gasteiger partial charge in [0.1, 0.15) is 5.69 Å². The first-order valence-corrected chi connectivity index (χ1v) is 5.76. The Morgan fingerprint density at radius 2 is 2.27 bits per heavy atom. The molecule has 0 amide bonds. The average Bonchev–Trinajstić information content (AvgIpc) is 2.29. The van der Waals surface area contributed by atoms with Crippen LogP contribution in [0.2, 0.25) is 0 Å². The Labute approximate surface area is 89.7 Å². The topological polar surface area (TPSA) is 30.0 Å². The minimum atomic E-state index is -0.0166. The van der Waals surface area contributed by atoms with Crippen LogP contribution in [-0.2, 0) is 0 Å². The fourth-order valence-electron chi connectivity index (χ4n) is 3.25. The van der Waals surface area contributed by atoms with Crippen molar-refractivity contribution in [3.8, 4) is 0 Å². The SMILES string of the molecule is O=C(c1ccccn1)C12CCCC(C1)C2. The van der Waals surface area contributed by atoms with Crippen LogP contribution in [0.15, 0.2) is 24.4 Å². The van der Waals surface area contributed by atoms with E-state index in [4.69, 9.17) is 0 Å². The van der Waals surface area contributed by atoms with Crippen LogP contribution >= 0.6 is 0 Å². The van der Waals surface area contributed by atoms with Gasteiger partial charge >= 0.3 is 0 Å². The lowest BCUT2D eigenvalue weighted by Crippen LogP contribution is -2.47. The second-order valence-corrected chi connectivity index (χ2v) is 4.99. The van der Waals surface area contributed by atoms with E-state index >= 15 is 0 Å². The molecule has 0 atom stereocenters. The van der Waals surface area contributed by atoms with Crippen LogP contribution in [0.3, 0.4) is 0 Å². The number of Topliss-reactive ketones (excluding diaryl/α,β-unsaturated/α-hetero) is 1. The summed E-state index contributed by atoms with van der Waals surface area (Å²) < 4.78 is 0. The Balaban J connectivity index is 1.86. The zero-order valence-corrected chi connectivity index (χ0v) is 8.78. The van der Waals surface area contributed by atoms with E-state index in [-0.39, 0.29) is 5.41 Å². The minimum absolute atomic E-state index is 0.0166. The molecule has 3 aliphatic carbocycles. The van der Waals surface area contributed by atoms with Gasteiger partial charge in [-0.1, -0.05) is 18.9 Å². The van der Waals surface area contributed by atoms with Crippen LogP contribution in [0.1, 0.15) is 42.6 Å². The van der Waals surface area contributed by atoms with E-state index in [1.807, 2.05) is 18.2 Å². The fourth-order valence-corrected chi connectivity index (χ4v) is 3.25. The Kier molecular flexibility index (Phi) is 1.91. The molecule has 3 fully saturated rings. The molecule has 1 heterocycles. The van der Waals surface area contributed by atoms with Gasteiger partial charge in [0.05, 0.1) is 0 Å². The summed E-state index contributed by atoms with van der Waals surface area (Å²) in [5.74, 6) is 1.12. The predicted octanol–water partition coefficient (Wildman–Crippen LogP) is 2.84. The largest absolute Gasteiger partial charge is 0.292 e. The third kappa shape index (κ3) is 1.31. The second-order valence-electron chi connectivity index (χ2n) is 4.99. The summed E-state index contributed by atoms with van der Waals surface area (Å²) in [5.41, 5.74) is 0.648. The number of rotatable bonds is 2. The molecule has 2 nitrogen and oxygen atoms in total. The maximum atomic E-state index is 12.3. The zero-order valence-electron chi connectivity index (χ0n) is 8.78. The molecule has 15 heavy (non-hydrogen) atoms. The maximum absolute atomic E-state index is 12.3. The van der Waals surface area contributed by atoms with Crippen molar-refractivity contribution in [2.45, 2.75) is 32.1 Å². The molecule has 4 rings (SSSR count). The standard InChI is InChI=1S/C13H15NO/c15-12(11-5-1-2-7-14-11)13-6-3-4-10(8-13)9-13/h1-2,5,7,10H,3-4,6,8-9H2. The molecule has 2 bridgehead atoms. The normalized spacial score (nSPS) is 33.2. The number of hydrogen-bond donors (Lipinski definition) is 0. The first kappa shape index (κ1) is 9.08. The lowest BCUT2D eigenvalue weighted by atomic mass is 9.52. The third-order valence-electron chi connectivity index (χ3n) is 4.01. The van der Waals surface area contributed by atoms with Gasteiger partial charge in [-0.15, -0.1) is 0 Å². The quantitative estimate of drug-likeness (QED) is 0.689. The number of fused-ring (bicyclic) bond motifs is 2. The van der Waals surface area contributed by atoms with Crippen molar-refractivity contribution in [1.82, 2.24) is 4.98 Å². The Bertz CT molecular complexity index is 373. The molecule has 0 saturated heterocycles. The van der Waals surface area contributed by atoms with Crippen molar-refractivity contribution in [3.05, 3.63) is 30.1 Å². The number of carbonyl (C=O) groups is 1. The summed E-state index contributed by atoms with van der Waals surface area (Å²) in [4.78, 5) is 16.5. The molecule has 1 aromatic heterocycles. The molecule has 0 N–H and O–H groups in total. The van der Waals surface area contributed by atoms with Crippen molar-refractivity contribution >= 4 is 5.78 Å². The zero-order chi connectivity index (χ0) is 10.3. The molecule has 0 aliphatic heterocycles. The minimum Gasteiger partial charge on any atom is -0.292 e. The number of aromatic nitrogens is 1. The molecule has 0 aromatic carbocycles. The molecular formula is C13H15NO. The maximum Gasteiger partial charge on any atom is 0.187 e. The predicted molar refractivity (Wildman–Crippen MR) is 57.6 cm³/mol. The van der Waals surface area contributed by atoms with Gasteiger partial charge in [0.2, 0.25) is 0 Å². The van der Waals surface area contributed by atoms with Gasteiger partial charge in [-0.25, -0.2) is 0 Å². The van der Waals surface area contributed by atoms with Crippen molar-refractivity contribution in [1.29, 1.82) is 0 Å². The highest BCUT2D eigenvalue weighted by molar-refractivity contribution is 5.99. The molecular weight excluding hydrogens is 186 g/mol. The van der Waals surface area contributed by atoms with Gasteiger partial charge in [-0.05, 0) is 37.3 Å². The van der Waals surface area contributed by atoms with Crippen LogP contribution in [-0.4, -0.2) is 10.8 Å². The Hall–Kier alpha value is -1.18. The number of pyridine rings is 1. The lowest BCUT2D eigenvalue weighted by molar-refractivity contribution is 0.00601. The van der Waals surface area contributed by atoms with Crippen LogP contribution in [0.5, 0.6) is 0 Å². The summed E-state index contributed by atoms with van der Waals surface area (Å²) in [5, 5.41) is 0. The first-order valence-electron chi connectivity index (χ1n) is 5.76. The summed E-state index contributed by atoms with van der Waals surface area (Å²) in [6.07, 6.45) is 7.58. The Morgan fingerprint density at radius 3 is 2.87 bits per heavy atom. The molecule has 1 aromatic rings. The monoisotopic (exact) mass is 201 g/mol. The molecule has 0 unspecified atom stereocenters. The van der Waals surface area contributed by atoms with Gasteiger partial charge in [-0.3, -0.25) is 9.78 Å². The van der Waals surface area contributed by atoms with Crippen molar-refractivity contribution < 1.29 is 4.79 Å². The van der Waals surface area contributed by atoms with Crippen molar-refractivity contribution in [3.63, 3.8) is 0 Å². The van der Waals surface area contributed by atoms with Crippen LogP contribution < -0.4 is 0 Å². The van der Waals surface area contributed by atoms with E-state index in [0.717, 1.165) is 25.2 Å². The highest BCUT2D eigenvalue weighted by atomic mass is 16.1. The molecule has 0 radical (unpaired) electrons. The van der Waals surface area contributed by atoms with Gasteiger partial charge < -0.3 is 0 Å². The summed E-state index contributed by atoms with van der Waals surface area (Å²) >= 11 is 0. The van der Waals surface area contributed by atoms with Crippen LogP contribution in [0.25, 0.3) is 0 Å². The number of nitrogens with zero attached hydrogens (tertiary/aromatic N) is 1. The summed E-state index contributed by atoms with van der Waals surface area (Å²) in [6.45, 7) is 0. The molecule has 2 heteroatoms. The molecule has 3 aliphatic rings. The fraction of sp³-hybridized carbons (Fsp3) is 0.538. The molecule has 3 saturated carbocycles. The van der Waals surface area contributed by atoms with Gasteiger partial charge in [0.15, 0.2) is 5.78 Å². The van der Waals surface area contributed by atoms with E-state index in [1.54, 1.807) is 6.20 Å². The van der Waals surface area contributed by atoms with Crippen LogP contribution in [0, 0.1) is 11.3 Å². The van der Waals surface area contributed by atoms with Crippen LogP contribution in [0.4, 0.5) is 0 Å². The average molecular weight is 201 g/mol. The van der Waals surface area contributed by atoms with E-state index in [9.17, 15) is 4.79 Å².